The number of hydrogen-bond acceptors (Lipinski definition) is 3. The molecule has 0 saturated heterocycles. The van der Waals surface area contributed by atoms with Gasteiger partial charge in [-0.1, -0.05) is 18.2 Å². The van der Waals surface area contributed by atoms with Gasteiger partial charge in [0.2, 0.25) is 0 Å². The summed E-state index contributed by atoms with van der Waals surface area (Å²) in [6.07, 6.45) is 1.79. The molecule has 1 aliphatic rings. The van der Waals surface area contributed by atoms with E-state index in [1.54, 1.807) is 12.1 Å². The van der Waals surface area contributed by atoms with Gasteiger partial charge in [0.15, 0.2) is 0 Å². The summed E-state index contributed by atoms with van der Waals surface area (Å²) in [6.45, 7) is 1.17. The normalized spacial score (nSPS) is 15.8. The third-order valence-corrected chi connectivity index (χ3v) is 2.89. The van der Waals surface area contributed by atoms with Gasteiger partial charge < -0.3 is 20.5 Å². The van der Waals surface area contributed by atoms with Crippen molar-refractivity contribution in [2.45, 2.75) is 18.9 Å². The second-order valence-electron chi connectivity index (χ2n) is 4.84. The van der Waals surface area contributed by atoms with E-state index >= 15 is 0 Å². The van der Waals surface area contributed by atoms with Crippen LogP contribution in [0.4, 0.5) is 10.5 Å². The second-order valence-corrected chi connectivity index (χ2v) is 4.84. The molecule has 2 amide bonds. The van der Waals surface area contributed by atoms with Crippen molar-refractivity contribution >= 4 is 11.7 Å². The summed E-state index contributed by atoms with van der Waals surface area (Å²) in [5.74, 6) is 0.682. The molecule has 1 aliphatic carbocycles. The summed E-state index contributed by atoms with van der Waals surface area (Å²) in [5, 5.41) is 14.9. The Morgan fingerprint density at radius 3 is 2.79 bits per heavy atom. The van der Waals surface area contributed by atoms with Crippen molar-refractivity contribution in [3.05, 3.63) is 30.3 Å². The SMILES string of the molecule is O=C(NC[C@@H](O)COCC1CC1)Nc1ccccc1. The summed E-state index contributed by atoms with van der Waals surface area (Å²) in [5.41, 5.74) is 0.722. The fourth-order valence-electron chi connectivity index (χ4n) is 1.62. The molecule has 0 spiro atoms. The van der Waals surface area contributed by atoms with Gasteiger partial charge in [0.1, 0.15) is 0 Å². The third-order valence-electron chi connectivity index (χ3n) is 2.89. The number of anilines is 1. The van der Waals surface area contributed by atoms with Crippen LogP contribution in [-0.2, 0) is 4.74 Å². The van der Waals surface area contributed by atoms with E-state index in [1.165, 1.54) is 12.8 Å². The molecule has 0 aliphatic heterocycles. The van der Waals surface area contributed by atoms with E-state index < -0.39 is 6.10 Å². The number of benzene rings is 1. The predicted octanol–water partition coefficient (Wildman–Crippen LogP) is 1.60. The van der Waals surface area contributed by atoms with Gasteiger partial charge in [0.05, 0.1) is 12.7 Å². The number of ether oxygens (including phenoxy) is 1. The van der Waals surface area contributed by atoms with Crippen molar-refractivity contribution in [1.82, 2.24) is 5.32 Å². The number of urea groups is 1. The maximum absolute atomic E-state index is 11.5. The number of rotatable bonds is 7. The minimum Gasteiger partial charge on any atom is -0.389 e. The summed E-state index contributed by atoms with van der Waals surface area (Å²) < 4.78 is 5.35. The highest BCUT2D eigenvalue weighted by molar-refractivity contribution is 5.89. The summed E-state index contributed by atoms with van der Waals surface area (Å²) in [6, 6.07) is 8.84. The number of aliphatic hydroxyl groups excluding tert-OH is 1. The molecule has 0 heterocycles. The minimum absolute atomic E-state index is 0.184. The van der Waals surface area contributed by atoms with Crippen LogP contribution in [0.2, 0.25) is 0 Å². The molecule has 0 radical (unpaired) electrons. The molecule has 104 valence electrons. The molecule has 0 bridgehead atoms. The van der Waals surface area contributed by atoms with Crippen molar-refractivity contribution < 1.29 is 14.6 Å². The molecule has 5 heteroatoms. The largest absolute Gasteiger partial charge is 0.389 e. The molecule has 3 N–H and O–H groups in total. The topological polar surface area (TPSA) is 70.6 Å². The first-order chi connectivity index (χ1) is 9.24. The molecule has 1 fully saturated rings. The summed E-state index contributed by atoms with van der Waals surface area (Å²) in [7, 11) is 0. The molecule has 19 heavy (non-hydrogen) atoms. The van der Waals surface area contributed by atoms with E-state index in [9.17, 15) is 9.90 Å². The average molecular weight is 264 g/mol. The fourth-order valence-corrected chi connectivity index (χ4v) is 1.62. The first-order valence-corrected chi connectivity index (χ1v) is 6.60. The van der Waals surface area contributed by atoms with Gasteiger partial charge in [-0.2, -0.15) is 0 Å². The Bertz CT molecular complexity index is 393. The van der Waals surface area contributed by atoms with Crippen LogP contribution in [0, 0.1) is 5.92 Å². The standard InChI is InChI=1S/C14H20N2O3/c17-13(10-19-9-11-6-7-11)8-15-14(18)16-12-4-2-1-3-5-12/h1-5,11,13,17H,6-10H2,(H2,15,16,18)/t13-/m1/s1. The Morgan fingerprint density at radius 1 is 1.37 bits per heavy atom. The number of carbonyl (C=O) groups is 1. The van der Waals surface area contributed by atoms with Gasteiger partial charge in [0, 0.05) is 18.8 Å². The molecular formula is C14H20N2O3. The number of para-hydroxylation sites is 1. The maximum Gasteiger partial charge on any atom is 0.319 e. The van der Waals surface area contributed by atoms with Crippen LogP contribution in [0.5, 0.6) is 0 Å². The molecule has 0 unspecified atom stereocenters. The molecule has 1 aromatic carbocycles. The van der Waals surface area contributed by atoms with E-state index in [2.05, 4.69) is 10.6 Å². The smallest absolute Gasteiger partial charge is 0.319 e. The molecule has 2 rings (SSSR count). The zero-order chi connectivity index (χ0) is 13.5. The third kappa shape index (κ3) is 5.72. The highest BCUT2D eigenvalue weighted by atomic mass is 16.5. The van der Waals surface area contributed by atoms with Crippen molar-refractivity contribution in [3.63, 3.8) is 0 Å². The first-order valence-electron chi connectivity index (χ1n) is 6.60. The van der Waals surface area contributed by atoms with Crippen LogP contribution in [0.15, 0.2) is 30.3 Å². The van der Waals surface area contributed by atoms with Crippen LogP contribution < -0.4 is 10.6 Å². The minimum atomic E-state index is -0.666. The van der Waals surface area contributed by atoms with Gasteiger partial charge in [-0.25, -0.2) is 4.79 Å². The van der Waals surface area contributed by atoms with Crippen LogP contribution in [0.25, 0.3) is 0 Å². The summed E-state index contributed by atoms with van der Waals surface area (Å²) in [4.78, 5) is 11.5. The van der Waals surface area contributed by atoms with Crippen molar-refractivity contribution in [2.75, 3.05) is 25.1 Å². The molecule has 0 aromatic heterocycles. The lowest BCUT2D eigenvalue weighted by atomic mass is 10.3. The van der Waals surface area contributed by atoms with Crippen LogP contribution >= 0.6 is 0 Å². The number of aliphatic hydroxyl groups is 1. The predicted molar refractivity (Wildman–Crippen MR) is 73.0 cm³/mol. The number of nitrogens with one attached hydrogen (secondary N) is 2. The van der Waals surface area contributed by atoms with Crippen LogP contribution in [0.1, 0.15) is 12.8 Å². The second kappa shape index (κ2) is 7.11. The Labute approximate surface area is 113 Å². The monoisotopic (exact) mass is 264 g/mol. The van der Waals surface area contributed by atoms with Gasteiger partial charge in [0.25, 0.3) is 0 Å². The van der Waals surface area contributed by atoms with E-state index in [1.807, 2.05) is 18.2 Å². The van der Waals surface area contributed by atoms with Gasteiger partial charge in [-0.15, -0.1) is 0 Å². The van der Waals surface area contributed by atoms with E-state index in [4.69, 9.17) is 4.74 Å². The lowest BCUT2D eigenvalue weighted by Crippen LogP contribution is -2.37. The van der Waals surface area contributed by atoms with Gasteiger partial charge >= 0.3 is 6.03 Å². The lowest BCUT2D eigenvalue weighted by molar-refractivity contribution is 0.0339. The van der Waals surface area contributed by atoms with E-state index in [-0.39, 0.29) is 19.2 Å². The Morgan fingerprint density at radius 2 is 2.11 bits per heavy atom. The van der Waals surface area contributed by atoms with Gasteiger partial charge in [-0.3, -0.25) is 0 Å². The maximum atomic E-state index is 11.5. The van der Waals surface area contributed by atoms with Crippen LogP contribution in [-0.4, -0.2) is 37.0 Å². The highest BCUT2D eigenvalue weighted by Crippen LogP contribution is 2.28. The molecular weight excluding hydrogens is 244 g/mol. The Hall–Kier alpha value is -1.59. The van der Waals surface area contributed by atoms with Crippen molar-refractivity contribution in [2.24, 2.45) is 5.92 Å². The number of hydrogen-bond donors (Lipinski definition) is 3. The zero-order valence-corrected chi connectivity index (χ0v) is 10.8. The van der Waals surface area contributed by atoms with Crippen molar-refractivity contribution in [3.8, 4) is 0 Å². The Balaban J connectivity index is 1.57. The quantitative estimate of drug-likeness (QED) is 0.700. The average Bonchev–Trinajstić information content (AvgIpc) is 3.22. The van der Waals surface area contributed by atoms with Crippen LogP contribution in [0.3, 0.4) is 0 Å². The highest BCUT2D eigenvalue weighted by Gasteiger charge is 2.21. The fraction of sp³-hybridized carbons (Fsp3) is 0.500. The van der Waals surface area contributed by atoms with Crippen molar-refractivity contribution in [1.29, 1.82) is 0 Å². The Kier molecular flexibility index (Phi) is 5.18. The first kappa shape index (κ1) is 13.8. The molecule has 1 atom stereocenters. The summed E-state index contributed by atoms with van der Waals surface area (Å²) >= 11 is 0. The number of amides is 2. The number of carbonyl (C=O) groups excluding carboxylic acids is 1. The van der Waals surface area contributed by atoms with Gasteiger partial charge in [-0.05, 0) is 30.9 Å². The molecule has 5 nitrogen and oxygen atoms in total. The molecule has 1 saturated carbocycles. The van der Waals surface area contributed by atoms with E-state index in [0.717, 1.165) is 5.69 Å². The molecule has 1 aromatic rings. The lowest BCUT2D eigenvalue weighted by Gasteiger charge is -2.13. The van der Waals surface area contributed by atoms with E-state index in [0.29, 0.717) is 12.5 Å². The zero-order valence-electron chi connectivity index (χ0n) is 10.8.